The molecule has 3 N–H and O–H groups in total. The van der Waals surface area contributed by atoms with E-state index in [9.17, 15) is 0 Å². The molecule has 0 radical (unpaired) electrons. The largest absolute Gasteiger partial charge is 0.468 e. The molecule has 0 atom stereocenters. The molecule has 0 aliphatic heterocycles. The van der Waals surface area contributed by atoms with E-state index in [2.05, 4.69) is 15.4 Å². The maximum Gasteiger partial charge on any atom is 0.144 e. The maximum absolute atomic E-state index is 5.24. The molecule has 2 aromatic rings. The summed E-state index contributed by atoms with van der Waals surface area (Å²) in [6.45, 7) is 0. The van der Waals surface area contributed by atoms with Crippen LogP contribution in [0, 0.1) is 0 Å². The van der Waals surface area contributed by atoms with Crippen molar-refractivity contribution in [1.29, 1.82) is 0 Å². The molecule has 15 heavy (non-hydrogen) atoms. The number of hydrogen-bond acceptors (Lipinski definition) is 6. The second-order valence-corrected chi connectivity index (χ2v) is 3.75. The van der Waals surface area contributed by atoms with Gasteiger partial charge in [0.15, 0.2) is 0 Å². The standard InChI is InChI=1S/C9H10N4OS/c10-13-8-4-9(12-6-11-8)15-5-7-2-1-3-14-7/h1-4,6H,5,10H2,(H,11,12,13). The first-order chi connectivity index (χ1) is 7.38. The molecule has 0 aromatic carbocycles. The van der Waals surface area contributed by atoms with Gasteiger partial charge in [-0.15, -0.1) is 0 Å². The molecule has 0 spiro atoms. The lowest BCUT2D eigenvalue weighted by molar-refractivity contribution is 0.530. The number of furan rings is 1. The van der Waals surface area contributed by atoms with Crippen LogP contribution >= 0.6 is 11.8 Å². The highest BCUT2D eigenvalue weighted by atomic mass is 32.2. The Kier molecular flexibility index (Phi) is 3.21. The molecule has 0 bridgehead atoms. The van der Waals surface area contributed by atoms with E-state index in [1.54, 1.807) is 24.1 Å². The fourth-order valence-electron chi connectivity index (χ4n) is 1.04. The Morgan fingerprint density at radius 2 is 2.40 bits per heavy atom. The summed E-state index contributed by atoms with van der Waals surface area (Å²) in [5, 5.41) is 0.856. The van der Waals surface area contributed by atoms with Gasteiger partial charge in [-0.1, -0.05) is 11.8 Å². The Morgan fingerprint density at radius 1 is 1.47 bits per heavy atom. The van der Waals surface area contributed by atoms with Gasteiger partial charge in [0.2, 0.25) is 0 Å². The van der Waals surface area contributed by atoms with Crippen molar-refractivity contribution in [2.75, 3.05) is 5.43 Å². The molecule has 0 saturated carbocycles. The molecule has 0 amide bonds. The van der Waals surface area contributed by atoms with E-state index in [1.165, 1.54) is 6.33 Å². The molecule has 0 fully saturated rings. The Hall–Kier alpha value is -1.53. The zero-order valence-corrected chi connectivity index (χ0v) is 8.70. The van der Waals surface area contributed by atoms with Gasteiger partial charge in [0.05, 0.1) is 12.0 Å². The van der Waals surface area contributed by atoms with Crippen LogP contribution < -0.4 is 11.3 Å². The van der Waals surface area contributed by atoms with Gasteiger partial charge in [0, 0.05) is 6.07 Å². The molecule has 5 nitrogen and oxygen atoms in total. The summed E-state index contributed by atoms with van der Waals surface area (Å²) in [6, 6.07) is 5.58. The van der Waals surface area contributed by atoms with Crippen LogP contribution in [0.5, 0.6) is 0 Å². The van der Waals surface area contributed by atoms with Crippen LogP contribution in [-0.2, 0) is 5.75 Å². The number of anilines is 1. The summed E-state index contributed by atoms with van der Waals surface area (Å²) in [5.74, 6) is 7.51. The van der Waals surface area contributed by atoms with Crippen molar-refractivity contribution in [2.24, 2.45) is 5.84 Å². The third kappa shape index (κ3) is 2.71. The van der Waals surface area contributed by atoms with Crippen molar-refractivity contribution in [3.05, 3.63) is 36.5 Å². The maximum atomic E-state index is 5.24. The van der Waals surface area contributed by atoms with Gasteiger partial charge in [0.25, 0.3) is 0 Å². The second kappa shape index (κ2) is 4.81. The van der Waals surface area contributed by atoms with Crippen LogP contribution in [0.3, 0.4) is 0 Å². The summed E-state index contributed by atoms with van der Waals surface area (Å²) in [5.41, 5.74) is 2.47. The Bertz CT molecular complexity index is 418. The minimum Gasteiger partial charge on any atom is -0.468 e. The molecular weight excluding hydrogens is 212 g/mol. The lowest BCUT2D eigenvalue weighted by atomic mass is 10.5. The first-order valence-corrected chi connectivity index (χ1v) is 5.31. The topological polar surface area (TPSA) is 77.0 Å². The van der Waals surface area contributed by atoms with Crippen LogP contribution in [-0.4, -0.2) is 9.97 Å². The van der Waals surface area contributed by atoms with E-state index >= 15 is 0 Å². The van der Waals surface area contributed by atoms with Crippen molar-refractivity contribution in [1.82, 2.24) is 9.97 Å². The Morgan fingerprint density at radius 3 is 3.13 bits per heavy atom. The van der Waals surface area contributed by atoms with Gasteiger partial charge >= 0.3 is 0 Å². The highest BCUT2D eigenvalue weighted by Crippen LogP contribution is 2.21. The van der Waals surface area contributed by atoms with Crippen molar-refractivity contribution in [3.8, 4) is 0 Å². The van der Waals surface area contributed by atoms with Gasteiger partial charge in [-0.05, 0) is 12.1 Å². The molecule has 0 aliphatic carbocycles. The van der Waals surface area contributed by atoms with Crippen molar-refractivity contribution >= 4 is 17.6 Å². The van der Waals surface area contributed by atoms with E-state index in [0.29, 0.717) is 5.82 Å². The third-order valence-corrected chi connectivity index (χ3v) is 2.68. The van der Waals surface area contributed by atoms with E-state index < -0.39 is 0 Å². The van der Waals surface area contributed by atoms with Crippen LogP contribution in [0.25, 0.3) is 0 Å². The molecule has 6 heteroatoms. The number of rotatable bonds is 4. The highest BCUT2D eigenvalue weighted by molar-refractivity contribution is 7.98. The first-order valence-electron chi connectivity index (χ1n) is 4.32. The predicted molar refractivity (Wildman–Crippen MR) is 58.1 cm³/mol. The second-order valence-electron chi connectivity index (χ2n) is 2.75. The van der Waals surface area contributed by atoms with Crippen LogP contribution in [0.15, 0.2) is 40.2 Å². The van der Waals surface area contributed by atoms with Gasteiger partial charge < -0.3 is 9.84 Å². The lowest BCUT2D eigenvalue weighted by Gasteiger charge is -2.01. The number of thioether (sulfide) groups is 1. The molecule has 2 aromatic heterocycles. The molecule has 2 heterocycles. The molecule has 2 rings (SSSR count). The number of aromatic nitrogens is 2. The summed E-state index contributed by atoms with van der Waals surface area (Å²) in [7, 11) is 0. The SMILES string of the molecule is NNc1cc(SCc2ccco2)ncn1. The van der Waals surface area contributed by atoms with E-state index in [1.807, 2.05) is 12.1 Å². The number of hydrazine groups is 1. The van der Waals surface area contributed by atoms with Crippen LogP contribution in [0.1, 0.15) is 5.76 Å². The number of nitrogen functional groups attached to an aromatic ring is 1. The predicted octanol–water partition coefficient (Wildman–Crippen LogP) is 1.65. The first kappa shape index (κ1) is 10.0. The quantitative estimate of drug-likeness (QED) is 0.354. The van der Waals surface area contributed by atoms with E-state index in [0.717, 1.165) is 16.5 Å². The average molecular weight is 222 g/mol. The lowest BCUT2D eigenvalue weighted by Crippen LogP contribution is -2.08. The highest BCUT2D eigenvalue weighted by Gasteiger charge is 2.00. The van der Waals surface area contributed by atoms with Crippen LogP contribution in [0.2, 0.25) is 0 Å². The van der Waals surface area contributed by atoms with Gasteiger partial charge in [-0.2, -0.15) is 0 Å². The normalized spacial score (nSPS) is 10.2. The smallest absolute Gasteiger partial charge is 0.144 e. The van der Waals surface area contributed by atoms with Gasteiger partial charge in [0.1, 0.15) is 22.9 Å². The third-order valence-electron chi connectivity index (χ3n) is 1.73. The number of hydrogen-bond donors (Lipinski definition) is 2. The summed E-state index contributed by atoms with van der Waals surface area (Å²) >= 11 is 1.57. The van der Waals surface area contributed by atoms with Crippen LogP contribution in [0.4, 0.5) is 5.82 Å². The molecule has 78 valence electrons. The number of nitrogens with zero attached hydrogens (tertiary/aromatic N) is 2. The fourth-order valence-corrected chi connectivity index (χ4v) is 1.81. The molecular formula is C9H10N4OS. The summed E-state index contributed by atoms with van der Waals surface area (Å²) in [4.78, 5) is 8.02. The van der Waals surface area contributed by atoms with E-state index in [4.69, 9.17) is 10.3 Å². The van der Waals surface area contributed by atoms with E-state index in [-0.39, 0.29) is 0 Å². The summed E-state index contributed by atoms with van der Waals surface area (Å²) in [6.07, 6.45) is 3.13. The Labute approximate surface area is 91.1 Å². The molecule has 0 unspecified atom stereocenters. The van der Waals surface area contributed by atoms with Crippen molar-refractivity contribution < 1.29 is 4.42 Å². The van der Waals surface area contributed by atoms with Crippen molar-refractivity contribution in [3.63, 3.8) is 0 Å². The zero-order chi connectivity index (χ0) is 10.5. The van der Waals surface area contributed by atoms with Crippen molar-refractivity contribution in [2.45, 2.75) is 10.8 Å². The number of nitrogens with one attached hydrogen (secondary N) is 1. The average Bonchev–Trinajstić information content (AvgIpc) is 2.79. The molecule has 0 aliphatic rings. The number of nitrogens with two attached hydrogens (primary N) is 1. The molecule has 0 saturated heterocycles. The minimum atomic E-state index is 0.604. The fraction of sp³-hybridized carbons (Fsp3) is 0.111. The van der Waals surface area contributed by atoms with Gasteiger partial charge in [-0.25, -0.2) is 15.8 Å². The zero-order valence-electron chi connectivity index (χ0n) is 7.88. The summed E-state index contributed by atoms with van der Waals surface area (Å²) < 4.78 is 5.21. The Balaban J connectivity index is 1.98. The van der Waals surface area contributed by atoms with Gasteiger partial charge in [-0.3, -0.25) is 0 Å². The minimum absolute atomic E-state index is 0.604. The monoisotopic (exact) mass is 222 g/mol.